The van der Waals surface area contributed by atoms with E-state index >= 15 is 0 Å². The fourth-order valence-corrected chi connectivity index (χ4v) is 1.81. The summed E-state index contributed by atoms with van der Waals surface area (Å²) in [5.74, 6) is 0. The van der Waals surface area contributed by atoms with Gasteiger partial charge < -0.3 is 5.73 Å². The number of aromatic nitrogens is 1. The monoisotopic (exact) mass is 212 g/mol. The minimum atomic E-state index is 0.878. The summed E-state index contributed by atoms with van der Waals surface area (Å²) in [6, 6.07) is 10.2. The molecule has 2 aromatic rings. The van der Waals surface area contributed by atoms with Crippen LogP contribution in [0, 0.1) is 0 Å². The number of pyridine rings is 1. The highest BCUT2D eigenvalue weighted by atomic mass is 14.6. The van der Waals surface area contributed by atoms with E-state index < -0.39 is 0 Å². The van der Waals surface area contributed by atoms with Crippen LogP contribution in [0.5, 0.6) is 0 Å². The summed E-state index contributed by atoms with van der Waals surface area (Å²) in [6.45, 7) is 2.16. The Morgan fingerprint density at radius 1 is 1.19 bits per heavy atom. The topological polar surface area (TPSA) is 38.9 Å². The largest absolute Gasteiger partial charge is 0.398 e. The summed E-state index contributed by atoms with van der Waals surface area (Å²) in [7, 11) is 0. The Bertz CT molecular complexity index is 463. The average molecular weight is 212 g/mol. The molecule has 2 heteroatoms. The molecule has 0 amide bonds. The van der Waals surface area contributed by atoms with Gasteiger partial charge in [-0.3, -0.25) is 4.98 Å². The zero-order valence-corrected chi connectivity index (χ0v) is 9.48. The van der Waals surface area contributed by atoms with Crippen molar-refractivity contribution in [1.82, 2.24) is 4.98 Å². The van der Waals surface area contributed by atoms with E-state index in [4.69, 9.17) is 5.73 Å². The average Bonchev–Trinajstić information content (AvgIpc) is 2.33. The van der Waals surface area contributed by atoms with Crippen molar-refractivity contribution < 1.29 is 0 Å². The van der Waals surface area contributed by atoms with Crippen LogP contribution in [0.3, 0.4) is 0 Å². The maximum atomic E-state index is 6.02. The predicted octanol–water partition coefficient (Wildman–Crippen LogP) is 3.28. The molecule has 0 atom stereocenters. The molecule has 2 rings (SSSR count). The highest BCUT2D eigenvalue weighted by molar-refractivity contribution is 5.68. The Hall–Kier alpha value is -1.83. The maximum Gasteiger partial charge on any atom is 0.0352 e. The molecule has 0 aliphatic carbocycles. The molecule has 0 bridgehead atoms. The van der Waals surface area contributed by atoms with Crippen molar-refractivity contribution >= 4 is 5.69 Å². The number of nitrogens with zero attached hydrogens (tertiary/aromatic N) is 1. The first kappa shape index (κ1) is 10.7. The van der Waals surface area contributed by atoms with Crippen molar-refractivity contribution in [2.75, 3.05) is 5.73 Å². The van der Waals surface area contributed by atoms with Crippen LogP contribution in [0.1, 0.15) is 18.9 Å². The fourth-order valence-electron chi connectivity index (χ4n) is 1.81. The van der Waals surface area contributed by atoms with Crippen LogP contribution in [0.15, 0.2) is 42.7 Å². The van der Waals surface area contributed by atoms with Gasteiger partial charge in [0.15, 0.2) is 0 Å². The molecule has 1 aromatic heterocycles. The number of benzene rings is 1. The van der Waals surface area contributed by atoms with Crippen molar-refractivity contribution in [3.8, 4) is 11.1 Å². The minimum absolute atomic E-state index is 0.878. The summed E-state index contributed by atoms with van der Waals surface area (Å²) in [5, 5.41) is 0. The summed E-state index contributed by atoms with van der Waals surface area (Å²) < 4.78 is 0. The number of hydrogen-bond donors (Lipinski definition) is 1. The molecule has 2 N–H and O–H groups in total. The molecule has 0 unspecified atom stereocenters. The quantitative estimate of drug-likeness (QED) is 0.793. The number of nitrogen functional groups attached to an aromatic ring is 1. The Kier molecular flexibility index (Phi) is 3.20. The molecule has 0 aliphatic heterocycles. The SMILES string of the molecule is CCCc1ccc(-c2cccnc2)cc1N. The van der Waals surface area contributed by atoms with E-state index in [9.17, 15) is 0 Å². The second kappa shape index (κ2) is 4.79. The first-order valence-corrected chi connectivity index (χ1v) is 5.60. The maximum absolute atomic E-state index is 6.02. The summed E-state index contributed by atoms with van der Waals surface area (Å²) in [6.07, 6.45) is 5.79. The molecule has 16 heavy (non-hydrogen) atoms. The normalized spacial score (nSPS) is 10.3. The van der Waals surface area contributed by atoms with Gasteiger partial charge in [-0.2, -0.15) is 0 Å². The van der Waals surface area contributed by atoms with Crippen molar-refractivity contribution in [3.05, 3.63) is 48.3 Å². The van der Waals surface area contributed by atoms with E-state index in [1.54, 1.807) is 6.20 Å². The van der Waals surface area contributed by atoms with Gasteiger partial charge in [-0.25, -0.2) is 0 Å². The molecular formula is C14H16N2. The number of aryl methyl sites for hydroxylation is 1. The molecule has 0 fully saturated rings. The highest BCUT2D eigenvalue weighted by Gasteiger charge is 2.02. The van der Waals surface area contributed by atoms with Crippen LogP contribution in [-0.4, -0.2) is 4.98 Å². The lowest BCUT2D eigenvalue weighted by molar-refractivity contribution is 0.924. The van der Waals surface area contributed by atoms with Crippen LogP contribution >= 0.6 is 0 Å². The number of anilines is 1. The molecule has 82 valence electrons. The van der Waals surface area contributed by atoms with Gasteiger partial charge in [0.05, 0.1) is 0 Å². The van der Waals surface area contributed by atoms with Crippen molar-refractivity contribution in [3.63, 3.8) is 0 Å². The lowest BCUT2D eigenvalue weighted by atomic mass is 10.0. The van der Waals surface area contributed by atoms with Gasteiger partial charge in [-0.15, -0.1) is 0 Å². The van der Waals surface area contributed by atoms with Crippen molar-refractivity contribution in [2.24, 2.45) is 0 Å². The molecule has 0 saturated carbocycles. The summed E-state index contributed by atoms with van der Waals surface area (Å²) >= 11 is 0. The second-order valence-electron chi connectivity index (χ2n) is 3.91. The Balaban J connectivity index is 2.35. The van der Waals surface area contributed by atoms with Crippen LogP contribution in [-0.2, 0) is 6.42 Å². The van der Waals surface area contributed by atoms with Crippen LogP contribution in [0.25, 0.3) is 11.1 Å². The molecule has 1 heterocycles. The molecule has 0 radical (unpaired) electrons. The smallest absolute Gasteiger partial charge is 0.0352 e. The highest BCUT2D eigenvalue weighted by Crippen LogP contribution is 2.23. The standard InChI is InChI=1S/C14H16N2/c1-2-4-11-6-7-12(9-14(11)15)13-5-3-8-16-10-13/h3,5-10H,2,4,15H2,1H3. The van der Waals surface area contributed by atoms with Gasteiger partial charge in [0.2, 0.25) is 0 Å². The third-order valence-corrected chi connectivity index (χ3v) is 2.66. The third kappa shape index (κ3) is 2.22. The van der Waals surface area contributed by atoms with E-state index in [0.29, 0.717) is 0 Å². The predicted molar refractivity (Wildman–Crippen MR) is 68.1 cm³/mol. The summed E-state index contributed by atoms with van der Waals surface area (Å²) in [5.41, 5.74) is 10.4. The van der Waals surface area contributed by atoms with E-state index in [2.05, 4.69) is 24.0 Å². The van der Waals surface area contributed by atoms with Crippen LogP contribution in [0.2, 0.25) is 0 Å². The van der Waals surface area contributed by atoms with Gasteiger partial charge >= 0.3 is 0 Å². The zero-order valence-electron chi connectivity index (χ0n) is 9.48. The van der Waals surface area contributed by atoms with Crippen molar-refractivity contribution in [2.45, 2.75) is 19.8 Å². The number of rotatable bonds is 3. The lowest BCUT2D eigenvalue weighted by Gasteiger charge is -2.07. The van der Waals surface area contributed by atoms with E-state index in [1.165, 1.54) is 5.56 Å². The Morgan fingerprint density at radius 2 is 2.06 bits per heavy atom. The molecular weight excluding hydrogens is 196 g/mol. The van der Waals surface area contributed by atoms with Gasteiger partial charge in [0.25, 0.3) is 0 Å². The zero-order chi connectivity index (χ0) is 11.4. The second-order valence-corrected chi connectivity index (χ2v) is 3.91. The lowest BCUT2D eigenvalue weighted by Crippen LogP contribution is -1.94. The van der Waals surface area contributed by atoms with E-state index in [1.807, 2.05) is 24.4 Å². The van der Waals surface area contributed by atoms with Gasteiger partial charge in [-0.05, 0) is 29.7 Å². The van der Waals surface area contributed by atoms with Gasteiger partial charge in [0.1, 0.15) is 0 Å². The Morgan fingerprint density at radius 3 is 2.69 bits per heavy atom. The minimum Gasteiger partial charge on any atom is -0.398 e. The first-order chi connectivity index (χ1) is 7.81. The number of hydrogen-bond acceptors (Lipinski definition) is 2. The van der Waals surface area contributed by atoms with Gasteiger partial charge in [0, 0.05) is 23.6 Å². The van der Waals surface area contributed by atoms with Crippen molar-refractivity contribution in [1.29, 1.82) is 0 Å². The number of nitrogens with two attached hydrogens (primary N) is 1. The van der Waals surface area contributed by atoms with Crippen LogP contribution in [0.4, 0.5) is 5.69 Å². The molecule has 0 spiro atoms. The molecule has 1 aromatic carbocycles. The molecule has 2 nitrogen and oxygen atoms in total. The summed E-state index contributed by atoms with van der Waals surface area (Å²) in [4.78, 5) is 4.11. The van der Waals surface area contributed by atoms with Crippen LogP contribution < -0.4 is 5.73 Å². The van der Waals surface area contributed by atoms with E-state index in [-0.39, 0.29) is 0 Å². The van der Waals surface area contributed by atoms with E-state index in [0.717, 1.165) is 29.7 Å². The fraction of sp³-hybridized carbons (Fsp3) is 0.214. The molecule has 0 saturated heterocycles. The Labute approximate surface area is 96.1 Å². The van der Waals surface area contributed by atoms with Gasteiger partial charge in [-0.1, -0.05) is 31.5 Å². The third-order valence-electron chi connectivity index (χ3n) is 2.66. The molecule has 0 aliphatic rings. The first-order valence-electron chi connectivity index (χ1n) is 5.60.